The lowest BCUT2D eigenvalue weighted by molar-refractivity contribution is -0.384. The molecule has 0 spiro atoms. The quantitative estimate of drug-likeness (QED) is 0.691. The second-order valence-electron chi connectivity index (χ2n) is 4.20. The van der Waals surface area contributed by atoms with E-state index in [1.165, 1.54) is 24.4 Å². The van der Waals surface area contributed by atoms with E-state index >= 15 is 0 Å². The predicted octanol–water partition coefficient (Wildman–Crippen LogP) is 3.62. The Kier molecular flexibility index (Phi) is 4.06. The molecule has 2 aromatic rings. The summed E-state index contributed by atoms with van der Waals surface area (Å²) in [6.07, 6.45) is -1.88. The van der Waals surface area contributed by atoms with Crippen LogP contribution in [0.3, 0.4) is 0 Å². The van der Waals surface area contributed by atoms with Crippen molar-refractivity contribution in [3.63, 3.8) is 0 Å². The van der Waals surface area contributed by atoms with Gasteiger partial charge in [-0.25, -0.2) is 0 Å². The first-order valence-electron chi connectivity index (χ1n) is 5.86. The van der Waals surface area contributed by atoms with E-state index in [-0.39, 0.29) is 17.9 Å². The van der Waals surface area contributed by atoms with Gasteiger partial charge in [-0.15, -0.1) is 0 Å². The number of nitrogens with one attached hydrogen (secondary N) is 1. The third kappa shape index (κ3) is 3.68. The van der Waals surface area contributed by atoms with Gasteiger partial charge in [-0.05, 0) is 23.8 Å². The van der Waals surface area contributed by atoms with Crippen LogP contribution >= 0.6 is 0 Å². The zero-order chi connectivity index (χ0) is 15.5. The highest BCUT2D eigenvalue weighted by Crippen LogP contribution is 2.29. The molecule has 0 saturated carbocycles. The Labute approximate surface area is 117 Å². The zero-order valence-electron chi connectivity index (χ0n) is 10.6. The number of halogens is 3. The molecular formula is C13H10F3N3O2. The van der Waals surface area contributed by atoms with Gasteiger partial charge in [0.15, 0.2) is 0 Å². The minimum Gasteiger partial charge on any atom is -0.375 e. The predicted molar refractivity (Wildman–Crippen MR) is 69.7 cm³/mol. The van der Waals surface area contributed by atoms with Crippen LogP contribution in [0.5, 0.6) is 0 Å². The van der Waals surface area contributed by atoms with Gasteiger partial charge in [-0.1, -0.05) is 12.1 Å². The lowest BCUT2D eigenvalue weighted by Crippen LogP contribution is -2.06. The molecule has 8 heteroatoms. The lowest BCUT2D eigenvalue weighted by Gasteiger charge is -2.09. The maximum Gasteiger partial charge on any atom is 0.416 e. The Morgan fingerprint density at radius 1 is 1.19 bits per heavy atom. The lowest BCUT2D eigenvalue weighted by atomic mass is 10.1. The van der Waals surface area contributed by atoms with Crippen molar-refractivity contribution in [3.8, 4) is 0 Å². The van der Waals surface area contributed by atoms with E-state index in [0.29, 0.717) is 5.56 Å². The van der Waals surface area contributed by atoms with Crippen molar-refractivity contribution in [2.45, 2.75) is 12.7 Å². The van der Waals surface area contributed by atoms with Crippen molar-refractivity contribution in [1.29, 1.82) is 0 Å². The molecule has 5 nitrogen and oxygen atoms in total. The Morgan fingerprint density at radius 3 is 2.43 bits per heavy atom. The molecule has 0 unspecified atom stereocenters. The fourth-order valence-corrected chi connectivity index (χ4v) is 1.69. The molecule has 0 aliphatic heterocycles. The number of nitrogens with zero attached hydrogens (tertiary/aromatic N) is 2. The van der Waals surface area contributed by atoms with Crippen LogP contribution in [0.25, 0.3) is 0 Å². The first-order chi connectivity index (χ1) is 9.88. The van der Waals surface area contributed by atoms with Crippen LogP contribution in [0, 0.1) is 10.1 Å². The highest BCUT2D eigenvalue weighted by Gasteiger charge is 2.29. The van der Waals surface area contributed by atoms with Crippen molar-refractivity contribution in [2.24, 2.45) is 0 Å². The summed E-state index contributed by atoms with van der Waals surface area (Å²) in [6.45, 7) is 0.170. The molecule has 0 bridgehead atoms. The Balaban J connectivity index is 2.09. The molecule has 21 heavy (non-hydrogen) atoms. The Morgan fingerprint density at radius 2 is 1.86 bits per heavy atom. The highest BCUT2D eigenvalue weighted by molar-refractivity contribution is 5.59. The van der Waals surface area contributed by atoms with Crippen molar-refractivity contribution in [2.75, 3.05) is 5.32 Å². The first kappa shape index (κ1) is 14.8. The number of anilines is 1. The third-order valence-electron chi connectivity index (χ3n) is 2.76. The summed E-state index contributed by atoms with van der Waals surface area (Å²) in [5.74, 6) is 0. The molecular weight excluding hydrogens is 287 g/mol. The molecule has 0 aliphatic carbocycles. The number of nitro groups is 1. The first-order valence-corrected chi connectivity index (χ1v) is 5.86. The van der Waals surface area contributed by atoms with E-state index in [4.69, 9.17) is 0 Å². The van der Waals surface area contributed by atoms with Gasteiger partial charge in [-0.3, -0.25) is 15.1 Å². The minimum absolute atomic E-state index is 0.170. The van der Waals surface area contributed by atoms with E-state index in [0.717, 1.165) is 18.3 Å². The number of hydrogen-bond acceptors (Lipinski definition) is 4. The van der Waals surface area contributed by atoms with Gasteiger partial charge in [-0.2, -0.15) is 13.2 Å². The number of rotatable bonds is 4. The summed E-state index contributed by atoms with van der Waals surface area (Å²) in [4.78, 5) is 13.9. The summed E-state index contributed by atoms with van der Waals surface area (Å²) in [5.41, 5.74) is -0.0884. The number of alkyl halides is 3. The van der Waals surface area contributed by atoms with Gasteiger partial charge in [0, 0.05) is 12.7 Å². The molecule has 0 aliphatic rings. The number of benzene rings is 1. The van der Waals surface area contributed by atoms with Gasteiger partial charge in [0.05, 0.1) is 10.5 Å². The van der Waals surface area contributed by atoms with Gasteiger partial charge in [0.1, 0.15) is 11.9 Å². The van der Waals surface area contributed by atoms with Crippen LogP contribution in [0.4, 0.5) is 24.5 Å². The van der Waals surface area contributed by atoms with Crippen LogP contribution < -0.4 is 5.32 Å². The fraction of sp³-hybridized carbons (Fsp3) is 0.154. The van der Waals surface area contributed by atoms with Crippen molar-refractivity contribution in [3.05, 3.63) is 64.0 Å². The molecule has 0 amide bonds. The number of hydrogen-bond donors (Lipinski definition) is 1. The van der Waals surface area contributed by atoms with E-state index < -0.39 is 16.7 Å². The summed E-state index contributed by atoms with van der Waals surface area (Å²) in [5, 5.41) is 13.6. The SMILES string of the molecule is O=[N+]([O-])c1cnccc1NCc1ccc(C(F)(F)F)cc1. The summed E-state index contributed by atoms with van der Waals surface area (Å²) in [7, 11) is 0. The minimum atomic E-state index is -4.38. The zero-order valence-corrected chi connectivity index (χ0v) is 10.6. The van der Waals surface area contributed by atoms with Crippen LogP contribution in [0.2, 0.25) is 0 Å². The smallest absolute Gasteiger partial charge is 0.375 e. The van der Waals surface area contributed by atoms with E-state index in [9.17, 15) is 23.3 Å². The van der Waals surface area contributed by atoms with Crippen LogP contribution in [-0.2, 0) is 12.7 Å². The number of pyridine rings is 1. The second-order valence-corrected chi connectivity index (χ2v) is 4.20. The molecule has 1 aromatic heterocycles. The summed E-state index contributed by atoms with van der Waals surface area (Å²) < 4.78 is 37.2. The molecule has 0 radical (unpaired) electrons. The molecule has 0 atom stereocenters. The maximum absolute atomic E-state index is 12.4. The summed E-state index contributed by atoms with van der Waals surface area (Å²) >= 11 is 0. The second kappa shape index (κ2) is 5.78. The van der Waals surface area contributed by atoms with Crippen LogP contribution in [-0.4, -0.2) is 9.91 Å². The van der Waals surface area contributed by atoms with Crippen LogP contribution in [0.1, 0.15) is 11.1 Å². The molecule has 2 rings (SSSR count). The average Bonchev–Trinajstić information content (AvgIpc) is 2.45. The van der Waals surface area contributed by atoms with E-state index in [1.54, 1.807) is 0 Å². The standard InChI is InChI=1S/C13H10F3N3O2/c14-13(15,16)10-3-1-9(2-4-10)7-18-11-5-6-17-8-12(11)19(20)21/h1-6,8H,7H2,(H,17,18). The largest absolute Gasteiger partial charge is 0.416 e. The summed E-state index contributed by atoms with van der Waals surface area (Å²) in [6, 6.07) is 6.02. The molecule has 0 saturated heterocycles. The van der Waals surface area contributed by atoms with Gasteiger partial charge < -0.3 is 5.32 Å². The topological polar surface area (TPSA) is 68.1 Å². The maximum atomic E-state index is 12.4. The molecule has 1 heterocycles. The van der Waals surface area contributed by atoms with E-state index in [1.807, 2.05) is 0 Å². The highest BCUT2D eigenvalue weighted by atomic mass is 19.4. The average molecular weight is 297 g/mol. The Hall–Kier alpha value is -2.64. The van der Waals surface area contributed by atoms with Crippen molar-refractivity contribution >= 4 is 11.4 Å². The number of aromatic nitrogens is 1. The van der Waals surface area contributed by atoms with E-state index in [2.05, 4.69) is 10.3 Å². The van der Waals surface area contributed by atoms with Crippen LogP contribution in [0.15, 0.2) is 42.7 Å². The molecule has 0 fully saturated rings. The van der Waals surface area contributed by atoms with Gasteiger partial charge >= 0.3 is 11.9 Å². The fourth-order valence-electron chi connectivity index (χ4n) is 1.69. The van der Waals surface area contributed by atoms with Crippen molar-refractivity contribution in [1.82, 2.24) is 4.98 Å². The normalized spacial score (nSPS) is 11.2. The monoisotopic (exact) mass is 297 g/mol. The molecule has 110 valence electrons. The molecule has 1 N–H and O–H groups in total. The van der Waals surface area contributed by atoms with Crippen molar-refractivity contribution < 1.29 is 18.1 Å². The third-order valence-corrected chi connectivity index (χ3v) is 2.76. The van der Waals surface area contributed by atoms with Gasteiger partial charge in [0.25, 0.3) is 0 Å². The molecule has 1 aromatic carbocycles. The Bertz CT molecular complexity index is 642. The van der Waals surface area contributed by atoms with Gasteiger partial charge in [0.2, 0.25) is 0 Å².